The number of carbonyl (C=O) groups is 2. The molecule has 0 radical (unpaired) electrons. The topological polar surface area (TPSA) is 84.9 Å². The normalized spacial score (nSPS) is 16.3. The number of hydrogen-bond acceptors (Lipinski definition) is 4. The summed E-state index contributed by atoms with van der Waals surface area (Å²) >= 11 is 0. The molecule has 6 nitrogen and oxygen atoms in total. The Hall–Kier alpha value is -2.24. The first-order valence-electron chi connectivity index (χ1n) is 7.70. The first-order valence-corrected chi connectivity index (χ1v) is 7.70. The van der Waals surface area contributed by atoms with Crippen LogP contribution in [0.1, 0.15) is 37.8 Å². The molecule has 6 heteroatoms. The quantitative estimate of drug-likeness (QED) is 0.768. The van der Waals surface area contributed by atoms with Crippen LogP contribution >= 0.6 is 0 Å². The molecule has 1 aromatic rings. The van der Waals surface area contributed by atoms with Gasteiger partial charge in [-0.25, -0.2) is 0 Å². The highest BCUT2D eigenvalue weighted by atomic mass is 16.5. The van der Waals surface area contributed by atoms with Crippen LogP contribution in [0, 0.1) is 11.8 Å². The Kier molecular flexibility index (Phi) is 5.47. The number of nitrogens with one attached hydrogen (secondary N) is 1. The van der Waals surface area contributed by atoms with Gasteiger partial charge < -0.3 is 19.9 Å². The Labute approximate surface area is 135 Å². The van der Waals surface area contributed by atoms with E-state index in [0.29, 0.717) is 23.0 Å². The Morgan fingerprint density at radius 3 is 2.52 bits per heavy atom. The van der Waals surface area contributed by atoms with Gasteiger partial charge >= 0.3 is 5.97 Å². The molecule has 0 heterocycles. The number of methoxy groups -OCH3 is 2. The number of ether oxygens (including phenoxy) is 2. The van der Waals surface area contributed by atoms with Gasteiger partial charge in [0.1, 0.15) is 11.5 Å². The van der Waals surface area contributed by atoms with E-state index in [-0.39, 0.29) is 18.2 Å². The van der Waals surface area contributed by atoms with Crippen molar-refractivity contribution in [3.63, 3.8) is 0 Å². The molecule has 126 valence electrons. The number of carboxylic acid groups (broad SMARTS) is 1. The van der Waals surface area contributed by atoms with Crippen molar-refractivity contribution >= 4 is 11.9 Å². The zero-order valence-electron chi connectivity index (χ0n) is 13.7. The predicted octanol–water partition coefficient (Wildman–Crippen LogP) is 2.38. The standard InChI is InChI=1S/C17H23NO5/c1-10(11-4-5-11)17(21)18-14(9-16(19)20)13-7-6-12(22-2)8-15(13)23-3/h6-8,10-11,14H,4-5,9H2,1-3H3,(H,18,21)(H,19,20). The summed E-state index contributed by atoms with van der Waals surface area (Å²) in [7, 11) is 3.05. The molecule has 23 heavy (non-hydrogen) atoms. The second kappa shape index (κ2) is 7.35. The molecule has 2 atom stereocenters. The molecule has 0 saturated heterocycles. The Balaban J connectivity index is 2.23. The fourth-order valence-electron chi connectivity index (χ4n) is 2.63. The van der Waals surface area contributed by atoms with Crippen LogP contribution in [0.15, 0.2) is 18.2 Å². The van der Waals surface area contributed by atoms with Gasteiger partial charge in [-0.1, -0.05) is 6.92 Å². The number of amides is 1. The van der Waals surface area contributed by atoms with Crippen molar-refractivity contribution in [2.24, 2.45) is 11.8 Å². The molecule has 1 fully saturated rings. The van der Waals surface area contributed by atoms with Gasteiger partial charge in [0.15, 0.2) is 0 Å². The first kappa shape index (κ1) is 17.1. The first-order chi connectivity index (χ1) is 11.0. The Morgan fingerprint density at radius 1 is 1.30 bits per heavy atom. The summed E-state index contributed by atoms with van der Waals surface area (Å²) in [6, 6.07) is 4.50. The van der Waals surface area contributed by atoms with E-state index in [9.17, 15) is 9.59 Å². The maximum absolute atomic E-state index is 12.3. The fraction of sp³-hybridized carbons (Fsp3) is 0.529. The minimum absolute atomic E-state index is 0.101. The van der Waals surface area contributed by atoms with Crippen molar-refractivity contribution in [2.45, 2.75) is 32.2 Å². The van der Waals surface area contributed by atoms with Gasteiger partial charge in [0.25, 0.3) is 0 Å². The van der Waals surface area contributed by atoms with Gasteiger partial charge in [0.05, 0.1) is 26.7 Å². The number of carbonyl (C=O) groups excluding carboxylic acids is 1. The van der Waals surface area contributed by atoms with Crippen molar-refractivity contribution in [1.29, 1.82) is 0 Å². The van der Waals surface area contributed by atoms with Gasteiger partial charge in [-0.05, 0) is 30.9 Å². The molecule has 0 bridgehead atoms. The second-order valence-electron chi connectivity index (χ2n) is 5.89. The summed E-state index contributed by atoms with van der Waals surface area (Å²) in [6.45, 7) is 1.89. The third-order valence-corrected chi connectivity index (χ3v) is 4.25. The number of hydrogen-bond donors (Lipinski definition) is 2. The Morgan fingerprint density at radius 2 is 2.00 bits per heavy atom. The number of benzene rings is 1. The highest BCUT2D eigenvalue weighted by molar-refractivity contribution is 5.80. The summed E-state index contributed by atoms with van der Waals surface area (Å²) in [5, 5.41) is 12.0. The SMILES string of the molecule is COc1ccc(C(CC(=O)O)NC(=O)C(C)C2CC2)c(OC)c1. The van der Waals surface area contributed by atoms with Gasteiger partial charge in [0.2, 0.25) is 5.91 Å². The van der Waals surface area contributed by atoms with Crippen LogP contribution in [0.4, 0.5) is 0 Å². The van der Waals surface area contributed by atoms with Crippen molar-refractivity contribution in [2.75, 3.05) is 14.2 Å². The van der Waals surface area contributed by atoms with Crippen molar-refractivity contribution in [3.05, 3.63) is 23.8 Å². The third kappa shape index (κ3) is 4.37. The van der Waals surface area contributed by atoms with E-state index in [4.69, 9.17) is 14.6 Å². The van der Waals surface area contributed by atoms with Crippen LogP contribution in [-0.2, 0) is 9.59 Å². The predicted molar refractivity (Wildman–Crippen MR) is 84.6 cm³/mol. The summed E-state index contributed by atoms with van der Waals surface area (Å²) in [5.41, 5.74) is 0.632. The summed E-state index contributed by atoms with van der Waals surface area (Å²) in [5.74, 6) is 0.324. The third-order valence-electron chi connectivity index (χ3n) is 4.25. The average Bonchev–Trinajstić information content (AvgIpc) is 3.37. The number of carboxylic acids is 1. The lowest BCUT2D eigenvalue weighted by Crippen LogP contribution is -2.35. The van der Waals surface area contributed by atoms with E-state index >= 15 is 0 Å². The molecule has 1 aliphatic carbocycles. The molecule has 1 aliphatic rings. The van der Waals surface area contributed by atoms with Crippen LogP contribution in [-0.4, -0.2) is 31.2 Å². The van der Waals surface area contributed by atoms with Gasteiger partial charge in [-0.15, -0.1) is 0 Å². The molecule has 1 aromatic carbocycles. The number of rotatable bonds is 8. The zero-order chi connectivity index (χ0) is 17.0. The van der Waals surface area contributed by atoms with E-state index in [1.54, 1.807) is 25.3 Å². The molecular formula is C17H23NO5. The average molecular weight is 321 g/mol. The monoisotopic (exact) mass is 321 g/mol. The molecule has 1 amide bonds. The maximum Gasteiger partial charge on any atom is 0.305 e. The van der Waals surface area contributed by atoms with E-state index in [1.807, 2.05) is 6.92 Å². The van der Waals surface area contributed by atoms with Crippen LogP contribution in [0.5, 0.6) is 11.5 Å². The van der Waals surface area contributed by atoms with Gasteiger partial charge in [0, 0.05) is 17.5 Å². The van der Waals surface area contributed by atoms with Crippen LogP contribution < -0.4 is 14.8 Å². The molecule has 0 spiro atoms. The molecule has 2 rings (SSSR count). The zero-order valence-corrected chi connectivity index (χ0v) is 13.7. The van der Waals surface area contributed by atoms with Crippen molar-refractivity contribution < 1.29 is 24.2 Å². The Bertz CT molecular complexity index is 582. The van der Waals surface area contributed by atoms with E-state index < -0.39 is 12.0 Å². The molecule has 1 saturated carbocycles. The minimum Gasteiger partial charge on any atom is -0.497 e. The van der Waals surface area contributed by atoms with E-state index in [1.165, 1.54) is 7.11 Å². The minimum atomic E-state index is -0.979. The lowest BCUT2D eigenvalue weighted by Gasteiger charge is -2.22. The maximum atomic E-state index is 12.3. The van der Waals surface area contributed by atoms with E-state index in [2.05, 4.69) is 5.32 Å². The number of aliphatic carboxylic acids is 1. The van der Waals surface area contributed by atoms with Crippen LogP contribution in [0.3, 0.4) is 0 Å². The van der Waals surface area contributed by atoms with Gasteiger partial charge in [-0.2, -0.15) is 0 Å². The summed E-state index contributed by atoms with van der Waals surface area (Å²) in [4.78, 5) is 23.5. The van der Waals surface area contributed by atoms with Crippen LogP contribution in [0.2, 0.25) is 0 Å². The molecule has 0 aliphatic heterocycles. The van der Waals surface area contributed by atoms with Crippen LogP contribution in [0.25, 0.3) is 0 Å². The lowest BCUT2D eigenvalue weighted by molar-refractivity contribution is -0.138. The molecular weight excluding hydrogens is 298 g/mol. The second-order valence-corrected chi connectivity index (χ2v) is 5.89. The fourth-order valence-corrected chi connectivity index (χ4v) is 2.63. The van der Waals surface area contributed by atoms with Crippen molar-refractivity contribution in [1.82, 2.24) is 5.32 Å². The molecule has 0 aromatic heterocycles. The molecule has 2 unspecified atom stereocenters. The summed E-state index contributed by atoms with van der Waals surface area (Å²) in [6.07, 6.45) is 1.92. The smallest absolute Gasteiger partial charge is 0.305 e. The summed E-state index contributed by atoms with van der Waals surface area (Å²) < 4.78 is 10.5. The largest absolute Gasteiger partial charge is 0.497 e. The van der Waals surface area contributed by atoms with Crippen molar-refractivity contribution in [3.8, 4) is 11.5 Å². The van der Waals surface area contributed by atoms with Gasteiger partial charge in [-0.3, -0.25) is 9.59 Å². The van der Waals surface area contributed by atoms with E-state index in [0.717, 1.165) is 12.8 Å². The highest BCUT2D eigenvalue weighted by Crippen LogP contribution is 2.37. The molecule has 2 N–H and O–H groups in total. The lowest BCUT2D eigenvalue weighted by atomic mass is 9.99. The highest BCUT2D eigenvalue weighted by Gasteiger charge is 2.34.